The summed E-state index contributed by atoms with van der Waals surface area (Å²) in [4.78, 5) is 37.5. The van der Waals surface area contributed by atoms with Gasteiger partial charge in [-0.1, -0.05) is 31.2 Å². The van der Waals surface area contributed by atoms with Crippen LogP contribution < -0.4 is 9.47 Å². The maximum atomic E-state index is 12.6. The van der Waals surface area contributed by atoms with E-state index in [1.165, 1.54) is 0 Å². The Bertz CT molecular complexity index is 1060. The van der Waals surface area contributed by atoms with Crippen LogP contribution in [0.25, 0.3) is 10.8 Å². The molecule has 4 atom stereocenters. The van der Waals surface area contributed by atoms with E-state index in [1.807, 2.05) is 38.1 Å². The Morgan fingerprint density at radius 3 is 2.39 bits per heavy atom. The van der Waals surface area contributed by atoms with Crippen LogP contribution in [0.15, 0.2) is 36.4 Å². The van der Waals surface area contributed by atoms with Gasteiger partial charge in [-0.15, -0.1) is 0 Å². The lowest BCUT2D eigenvalue weighted by Gasteiger charge is -2.31. The van der Waals surface area contributed by atoms with Crippen LogP contribution in [0.5, 0.6) is 11.5 Å². The molecule has 1 heterocycles. The Balaban J connectivity index is 1.12. The van der Waals surface area contributed by atoms with E-state index >= 15 is 0 Å². The summed E-state index contributed by atoms with van der Waals surface area (Å²) < 4.78 is 12.2. The number of ketones is 3. The van der Waals surface area contributed by atoms with E-state index in [1.54, 1.807) is 0 Å². The van der Waals surface area contributed by atoms with E-state index in [0.29, 0.717) is 50.7 Å². The maximum Gasteiger partial charge on any atom is 0.248 e. The Morgan fingerprint density at radius 1 is 1.06 bits per heavy atom. The first kappa shape index (κ1) is 22.1. The van der Waals surface area contributed by atoms with Crippen LogP contribution >= 0.6 is 0 Å². The molecule has 2 saturated carbocycles. The smallest absolute Gasteiger partial charge is 0.248 e. The van der Waals surface area contributed by atoms with Gasteiger partial charge in [0, 0.05) is 50.4 Å². The largest absolute Gasteiger partial charge is 0.449 e. The van der Waals surface area contributed by atoms with Crippen molar-refractivity contribution in [1.29, 1.82) is 0 Å². The molecule has 174 valence electrons. The van der Waals surface area contributed by atoms with E-state index in [4.69, 9.17) is 9.47 Å². The van der Waals surface area contributed by atoms with Crippen molar-refractivity contribution < 1.29 is 23.9 Å². The number of benzene rings is 2. The molecule has 4 unspecified atom stereocenters. The Kier molecular flexibility index (Phi) is 5.75. The second-order valence-electron chi connectivity index (χ2n) is 10.3. The molecule has 0 spiro atoms. The third-order valence-electron chi connectivity index (χ3n) is 7.91. The van der Waals surface area contributed by atoms with Crippen molar-refractivity contribution in [3.8, 4) is 11.5 Å². The van der Waals surface area contributed by atoms with Crippen molar-refractivity contribution >= 4 is 28.1 Å². The third kappa shape index (κ3) is 4.30. The van der Waals surface area contributed by atoms with Gasteiger partial charge in [-0.25, -0.2) is 0 Å². The molecule has 0 radical (unpaired) electrons. The third-order valence-corrected chi connectivity index (χ3v) is 7.91. The molecular weight excluding hydrogens is 416 g/mol. The van der Waals surface area contributed by atoms with Gasteiger partial charge < -0.3 is 9.47 Å². The number of rotatable bonds is 7. The minimum absolute atomic E-state index is 0.0349. The van der Waals surface area contributed by atoms with Gasteiger partial charge >= 0.3 is 0 Å². The highest BCUT2D eigenvalue weighted by molar-refractivity contribution is 5.91. The fourth-order valence-corrected chi connectivity index (χ4v) is 6.16. The second kappa shape index (κ2) is 8.58. The van der Waals surface area contributed by atoms with Crippen LogP contribution in [0.2, 0.25) is 0 Å². The number of fused-ring (bicyclic) bond motifs is 3. The van der Waals surface area contributed by atoms with Gasteiger partial charge in [-0.2, -0.15) is 0 Å². The molecule has 33 heavy (non-hydrogen) atoms. The van der Waals surface area contributed by atoms with Gasteiger partial charge in [0.1, 0.15) is 17.3 Å². The topological polar surface area (TPSA) is 69.7 Å². The molecule has 0 amide bonds. The van der Waals surface area contributed by atoms with Crippen molar-refractivity contribution in [2.24, 2.45) is 23.7 Å². The second-order valence-corrected chi connectivity index (χ2v) is 10.3. The maximum absolute atomic E-state index is 12.6. The van der Waals surface area contributed by atoms with Gasteiger partial charge in [0.2, 0.25) is 5.79 Å². The minimum Gasteiger partial charge on any atom is -0.449 e. The summed E-state index contributed by atoms with van der Waals surface area (Å²) in [5.41, 5.74) is 0. The zero-order valence-electron chi connectivity index (χ0n) is 19.5. The highest BCUT2D eigenvalue weighted by Gasteiger charge is 2.48. The van der Waals surface area contributed by atoms with E-state index in [-0.39, 0.29) is 35.2 Å². The number of ether oxygens (including phenoxy) is 2. The summed E-state index contributed by atoms with van der Waals surface area (Å²) in [5, 5.41) is 2.22. The zero-order chi connectivity index (χ0) is 23.2. The van der Waals surface area contributed by atoms with Crippen LogP contribution in [0, 0.1) is 23.7 Å². The lowest BCUT2D eigenvalue weighted by molar-refractivity contribution is -0.131. The predicted molar refractivity (Wildman–Crippen MR) is 125 cm³/mol. The highest BCUT2D eigenvalue weighted by Crippen LogP contribution is 2.46. The Hall–Kier alpha value is -2.69. The van der Waals surface area contributed by atoms with E-state index in [2.05, 4.69) is 12.1 Å². The van der Waals surface area contributed by atoms with Gasteiger partial charge in [-0.05, 0) is 54.5 Å². The molecule has 5 heteroatoms. The van der Waals surface area contributed by atoms with Crippen molar-refractivity contribution in [3.05, 3.63) is 36.4 Å². The normalized spacial score (nSPS) is 27.7. The average molecular weight is 449 g/mol. The van der Waals surface area contributed by atoms with Crippen molar-refractivity contribution in [3.63, 3.8) is 0 Å². The van der Waals surface area contributed by atoms with E-state index in [0.717, 1.165) is 28.7 Å². The molecule has 0 N–H and O–H groups in total. The first-order valence-corrected chi connectivity index (χ1v) is 12.3. The van der Waals surface area contributed by atoms with E-state index in [9.17, 15) is 14.4 Å². The van der Waals surface area contributed by atoms with Crippen LogP contribution in [0.4, 0.5) is 0 Å². The molecule has 2 aliphatic carbocycles. The van der Waals surface area contributed by atoms with Gasteiger partial charge in [0.05, 0.1) is 0 Å². The molecule has 3 aliphatic rings. The quantitative estimate of drug-likeness (QED) is 0.546. The molecule has 0 aromatic heterocycles. The SMILES string of the molecule is CC1CC2C(CCC(=O)CCCC3(C)Oc4cc5ccccc5cc4O3)C(=O)CCC2C1=O. The summed E-state index contributed by atoms with van der Waals surface area (Å²) in [7, 11) is 0. The minimum atomic E-state index is -0.771. The molecule has 5 nitrogen and oxygen atoms in total. The standard InChI is InChI=1S/C28H32O5/c1-17-14-23-21(24(30)12-11-22(23)27(17)31)10-9-20(29)8-5-13-28(2)32-25-15-18-6-3-4-7-19(18)16-26(25)33-28/h3-4,6-7,15-17,21-23H,5,8-14H2,1-2H3. The first-order chi connectivity index (χ1) is 15.8. The van der Waals surface area contributed by atoms with Gasteiger partial charge in [0.25, 0.3) is 0 Å². The molecule has 2 aromatic carbocycles. The van der Waals surface area contributed by atoms with Crippen LogP contribution in [-0.2, 0) is 14.4 Å². The average Bonchev–Trinajstić information content (AvgIpc) is 3.26. The van der Waals surface area contributed by atoms with Crippen molar-refractivity contribution in [1.82, 2.24) is 0 Å². The van der Waals surface area contributed by atoms with Crippen molar-refractivity contribution in [2.75, 3.05) is 0 Å². The summed E-state index contributed by atoms with van der Waals surface area (Å²) in [6.45, 7) is 3.89. The fraction of sp³-hybridized carbons (Fsp3) is 0.536. The molecule has 0 saturated heterocycles. The van der Waals surface area contributed by atoms with E-state index < -0.39 is 5.79 Å². The monoisotopic (exact) mass is 448 g/mol. The van der Waals surface area contributed by atoms with Crippen LogP contribution in [0.1, 0.15) is 65.2 Å². The molecular formula is C28H32O5. The van der Waals surface area contributed by atoms with Gasteiger partial charge in [-0.3, -0.25) is 14.4 Å². The number of hydrogen-bond donors (Lipinski definition) is 0. The Morgan fingerprint density at radius 2 is 1.73 bits per heavy atom. The summed E-state index contributed by atoms with van der Waals surface area (Å²) >= 11 is 0. The number of hydrogen-bond acceptors (Lipinski definition) is 5. The zero-order valence-corrected chi connectivity index (χ0v) is 19.5. The highest BCUT2D eigenvalue weighted by atomic mass is 16.7. The lowest BCUT2D eigenvalue weighted by atomic mass is 9.71. The summed E-state index contributed by atoms with van der Waals surface area (Å²) in [6, 6.07) is 12.1. The molecule has 2 fully saturated rings. The number of Topliss-reactive ketones (excluding diaryl/α,β-unsaturated/α-hetero) is 3. The van der Waals surface area contributed by atoms with Crippen molar-refractivity contribution in [2.45, 2.75) is 71.0 Å². The summed E-state index contributed by atoms with van der Waals surface area (Å²) in [6.07, 6.45) is 4.72. The van der Waals surface area contributed by atoms with Crippen LogP contribution in [-0.4, -0.2) is 23.1 Å². The fourth-order valence-electron chi connectivity index (χ4n) is 6.16. The molecule has 5 rings (SSSR count). The van der Waals surface area contributed by atoms with Gasteiger partial charge in [0.15, 0.2) is 11.5 Å². The summed E-state index contributed by atoms with van der Waals surface area (Å²) in [5.74, 6) is 1.57. The molecule has 2 aromatic rings. The van der Waals surface area contributed by atoms with Crippen LogP contribution in [0.3, 0.4) is 0 Å². The molecule has 1 aliphatic heterocycles. The first-order valence-electron chi connectivity index (χ1n) is 12.3. The lowest BCUT2D eigenvalue weighted by Crippen LogP contribution is -2.35. The Labute approximate surface area is 194 Å². The predicted octanol–water partition coefficient (Wildman–Crippen LogP) is 5.67. The number of carbonyl (C=O) groups excluding carboxylic acids is 3. The molecule has 0 bridgehead atoms. The number of carbonyl (C=O) groups is 3.